The van der Waals surface area contributed by atoms with Crippen molar-refractivity contribution >= 4 is 12.6 Å². The van der Waals surface area contributed by atoms with Gasteiger partial charge in [0.05, 0.1) is 29.0 Å². The van der Waals surface area contributed by atoms with Crippen LogP contribution in [0.4, 0.5) is 0 Å². The highest BCUT2D eigenvalue weighted by atomic mass is 16.7. The molecule has 0 aromatic carbocycles. The van der Waals surface area contributed by atoms with Crippen LogP contribution >= 0.6 is 0 Å². The van der Waals surface area contributed by atoms with Crippen LogP contribution in [0.5, 0.6) is 0 Å². The Morgan fingerprint density at radius 3 is 2.60 bits per heavy atom. The quantitative estimate of drug-likeness (QED) is 0.783. The van der Waals surface area contributed by atoms with Crippen LogP contribution in [0.25, 0.3) is 5.52 Å². The zero-order valence-electron chi connectivity index (χ0n) is 15.6. The van der Waals surface area contributed by atoms with Crippen molar-refractivity contribution in [3.8, 4) is 0 Å². The molecule has 5 nitrogen and oxygen atoms in total. The third kappa shape index (κ3) is 2.92. The summed E-state index contributed by atoms with van der Waals surface area (Å²) in [6.07, 6.45) is 4.89. The number of rotatable bonds is 2. The topological polar surface area (TPSA) is 45.0 Å². The Balaban J connectivity index is 1.62. The van der Waals surface area contributed by atoms with Crippen LogP contribution in [0.3, 0.4) is 0 Å². The highest BCUT2D eigenvalue weighted by Crippen LogP contribution is 2.40. The van der Waals surface area contributed by atoms with Crippen molar-refractivity contribution in [2.24, 2.45) is 0 Å². The van der Waals surface area contributed by atoms with Crippen LogP contribution < -0.4 is 0 Å². The fourth-order valence-electron chi connectivity index (χ4n) is 3.33. The van der Waals surface area contributed by atoms with E-state index < -0.39 is 0 Å². The van der Waals surface area contributed by atoms with Gasteiger partial charge >= 0.3 is 7.12 Å². The van der Waals surface area contributed by atoms with Crippen molar-refractivity contribution in [2.45, 2.75) is 58.3 Å². The van der Waals surface area contributed by atoms with E-state index >= 15 is 0 Å². The molecule has 2 aliphatic heterocycles. The molecule has 0 aliphatic carbocycles. The lowest BCUT2D eigenvalue weighted by Gasteiger charge is -2.32. The van der Waals surface area contributed by atoms with E-state index in [9.17, 15) is 0 Å². The van der Waals surface area contributed by atoms with Gasteiger partial charge in [0.1, 0.15) is 6.10 Å². The molecule has 0 N–H and O–H groups in total. The molecule has 132 valence electrons. The van der Waals surface area contributed by atoms with Crippen LogP contribution in [-0.2, 0) is 14.0 Å². The average molecular weight is 340 g/mol. The molecule has 1 saturated heterocycles. The number of hydrogen-bond donors (Lipinski definition) is 0. The number of aromatic nitrogens is 2. The molecule has 4 rings (SSSR count). The second-order valence-corrected chi connectivity index (χ2v) is 7.99. The maximum Gasteiger partial charge on any atom is 0.490 e. The number of fused-ring (bicyclic) bond motifs is 1. The first-order valence-electron chi connectivity index (χ1n) is 8.89. The van der Waals surface area contributed by atoms with Gasteiger partial charge in [-0.2, -0.15) is 5.10 Å². The molecule has 0 saturated carbocycles. The van der Waals surface area contributed by atoms with Crippen molar-refractivity contribution < 1.29 is 14.0 Å². The summed E-state index contributed by atoms with van der Waals surface area (Å²) in [5.74, 6) is 0. The van der Waals surface area contributed by atoms with Crippen LogP contribution in [0, 0.1) is 6.92 Å². The first-order valence-corrected chi connectivity index (χ1v) is 8.89. The molecular weight excluding hydrogens is 315 g/mol. The number of pyridine rings is 1. The molecule has 1 unspecified atom stereocenters. The van der Waals surface area contributed by atoms with Gasteiger partial charge in [0.2, 0.25) is 0 Å². The van der Waals surface area contributed by atoms with Gasteiger partial charge in [0.15, 0.2) is 0 Å². The van der Waals surface area contributed by atoms with E-state index in [-0.39, 0.29) is 24.4 Å². The van der Waals surface area contributed by atoms with Crippen LogP contribution in [0.2, 0.25) is 0 Å². The van der Waals surface area contributed by atoms with Crippen LogP contribution in [-0.4, -0.2) is 34.5 Å². The van der Waals surface area contributed by atoms with Gasteiger partial charge in [0.25, 0.3) is 0 Å². The summed E-state index contributed by atoms with van der Waals surface area (Å²) in [6.45, 7) is 11.0. The molecule has 0 spiro atoms. The highest BCUT2D eigenvalue weighted by molar-refractivity contribution is 6.54. The number of hydrogen-bond acceptors (Lipinski definition) is 4. The van der Waals surface area contributed by atoms with E-state index in [1.54, 1.807) is 0 Å². The van der Waals surface area contributed by atoms with Crippen molar-refractivity contribution in [1.82, 2.24) is 9.61 Å². The standard InChI is InChI=1S/C19H25BN2O3/c1-13-10-16-11-14(6-8-22(16)21-13)17-12-15(7-9-23-17)20-24-18(2,3)19(4,5)25-20/h6,8,10-12,17H,7,9H2,1-5H3. The first kappa shape index (κ1) is 16.8. The fourth-order valence-corrected chi connectivity index (χ4v) is 3.33. The SMILES string of the molecule is Cc1cc2cc(C3C=C(B4OC(C)(C)C(C)(C)O4)CCO3)ccn2n1. The molecule has 1 fully saturated rings. The molecule has 1 atom stereocenters. The monoisotopic (exact) mass is 340 g/mol. The molecule has 2 aliphatic rings. The van der Waals surface area contributed by atoms with Crippen molar-refractivity contribution in [3.63, 3.8) is 0 Å². The van der Waals surface area contributed by atoms with Gasteiger partial charge in [-0.3, -0.25) is 0 Å². The van der Waals surface area contributed by atoms with Crippen molar-refractivity contribution in [3.05, 3.63) is 47.2 Å². The maximum absolute atomic E-state index is 6.20. The summed E-state index contributed by atoms with van der Waals surface area (Å²) < 4.78 is 20.3. The molecule has 4 heterocycles. The summed E-state index contributed by atoms with van der Waals surface area (Å²) in [6, 6.07) is 6.27. The molecule has 2 aromatic rings. The number of ether oxygens (including phenoxy) is 1. The number of nitrogens with zero attached hydrogens (tertiary/aromatic N) is 2. The van der Waals surface area contributed by atoms with E-state index in [4.69, 9.17) is 14.0 Å². The summed E-state index contributed by atoms with van der Waals surface area (Å²) in [4.78, 5) is 0. The Kier molecular flexibility index (Phi) is 3.83. The third-order valence-corrected chi connectivity index (χ3v) is 5.55. The predicted molar refractivity (Wildman–Crippen MR) is 97.4 cm³/mol. The Morgan fingerprint density at radius 1 is 1.16 bits per heavy atom. The van der Waals surface area contributed by atoms with Gasteiger partial charge in [-0.25, -0.2) is 4.52 Å². The minimum absolute atomic E-state index is 0.0806. The minimum Gasteiger partial charge on any atom is -0.400 e. The molecule has 2 aromatic heterocycles. The number of aryl methyl sites for hydroxylation is 1. The van der Waals surface area contributed by atoms with Gasteiger partial charge in [-0.05, 0) is 70.3 Å². The summed E-state index contributed by atoms with van der Waals surface area (Å²) in [5.41, 5.74) is 3.74. The highest BCUT2D eigenvalue weighted by Gasteiger charge is 2.52. The van der Waals surface area contributed by atoms with E-state index in [1.165, 1.54) is 5.47 Å². The Labute approximate surface area is 149 Å². The fraction of sp³-hybridized carbons (Fsp3) is 0.526. The molecule has 0 amide bonds. The lowest BCUT2D eigenvalue weighted by molar-refractivity contribution is 0.00578. The van der Waals surface area contributed by atoms with Crippen LogP contribution in [0.1, 0.15) is 51.5 Å². The zero-order chi connectivity index (χ0) is 17.8. The van der Waals surface area contributed by atoms with E-state index in [1.807, 2.05) is 17.6 Å². The average Bonchev–Trinajstić information content (AvgIpc) is 3.02. The molecule has 0 radical (unpaired) electrons. The van der Waals surface area contributed by atoms with Crippen molar-refractivity contribution in [2.75, 3.05) is 6.61 Å². The summed E-state index contributed by atoms with van der Waals surface area (Å²) >= 11 is 0. The normalized spacial score (nSPS) is 25.4. The molecule has 0 bridgehead atoms. The first-order chi connectivity index (χ1) is 11.7. The van der Waals surface area contributed by atoms with E-state index in [2.05, 4.69) is 57.1 Å². The molecule has 6 heteroatoms. The smallest absolute Gasteiger partial charge is 0.400 e. The second-order valence-electron chi connectivity index (χ2n) is 7.99. The van der Waals surface area contributed by atoms with Crippen LogP contribution in [0.15, 0.2) is 35.9 Å². The lowest BCUT2D eigenvalue weighted by atomic mass is 9.74. The largest absolute Gasteiger partial charge is 0.490 e. The Morgan fingerprint density at radius 2 is 1.88 bits per heavy atom. The Hall–Kier alpha value is -1.63. The second kappa shape index (κ2) is 5.69. The summed E-state index contributed by atoms with van der Waals surface area (Å²) in [7, 11) is -0.294. The zero-order valence-corrected chi connectivity index (χ0v) is 15.6. The van der Waals surface area contributed by atoms with Gasteiger partial charge < -0.3 is 14.0 Å². The third-order valence-electron chi connectivity index (χ3n) is 5.55. The van der Waals surface area contributed by atoms with Gasteiger partial charge in [0, 0.05) is 6.20 Å². The van der Waals surface area contributed by atoms with Gasteiger partial charge in [-0.1, -0.05) is 6.08 Å². The molecule has 25 heavy (non-hydrogen) atoms. The Bertz CT molecular complexity index is 824. The summed E-state index contributed by atoms with van der Waals surface area (Å²) in [5, 5.41) is 4.43. The van der Waals surface area contributed by atoms with Gasteiger partial charge in [-0.15, -0.1) is 0 Å². The van der Waals surface area contributed by atoms with E-state index in [0.717, 1.165) is 23.2 Å². The van der Waals surface area contributed by atoms with Crippen molar-refractivity contribution in [1.29, 1.82) is 0 Å². The molecular formula is C19H25BN2O3. The maximum atomic E-state index is 6.20. The van der Waals surface area contributed by atoms with E-state index in [0.29, 0.717) is 6.61 Å². The lowest BCUT2D eigenvalue weighted by Crippen LogP contribution is -2.41. The predicted octanol–water partition coefficient (Wildman–Crippen LogP) is 3.66. The minimum atomic E-state index is -0.319.